The second kappa shape index (κ2) is 9.71. The number of nitrogens with zero attached hydrogens (tertiary/aromatic N) is 1. The number of carbonyl (C=O) groups is 2. The van der Waals surface area contributed by atoms with Crippen LogP contribution in [0.5, 0.6) is 11.5 Å². The molecular weight excluding hydrogens is 298 g/mol. The van der Waals surface area contributed by atoms with Crippen molar-refractivity contribution in [2.45, 2.75) is 33.1 Å². The van der Waals surface area contributed by atoms with Gasteiger partial charge in [-0.1, -0.05) is 13.8 Å². The lowest BCUT2D eigenvalue weighted by atomic mass is 10.1. The summed E-state index contributed by atoms with van der Waals surface area (Å²) in [6, 6.07) is 5.04. The number of ether oxygens (including phenoxy) is 2. The van der Waals surface area contributed by atoms with Crippen molar-refractivity contribution < 1.29 is 24.2 Å². The lowest BCUT2D eigenvalue weighted by Crippen LogP contribution is -2.29. The lowest BCUT2D eigenvalue weighted by Gasteiger charge is -2.18. The zero-order valence-electron chi connectivity index (χ0n) is 14.0. The van der Waals surface area contributed by atoms with Crippen molar-refractivity contribution in [1.82, 2.24) is 4.90 Å². The first-order chi connectivity index (χ1) is 11.0. The van der Waals surface area contributed by atoms with Gasteiger partial charge in [-0.15, -0.1) is 0 Å². The third-order valence-corrected chi connectivity index (χ3v) is 3.12. The molecule has 0 bridgehead atoms. The van der Waals surface area contributed by atoms with Crippen molar-refractivity contribution in [1.29, 1.82) is 0 Å². The van der Waals surface area contributed by atoms with Crippen LogP contribution in [0.25, 0.3) is 0 Å². The molecule has 23 heavy (non-hydrogen) atoms. The van der Waals surface area contributed by atoms with Crippen LogP contribution in [0.4, 0.5) is 0 Å². The number of amides is 1. The van der Waals surface area contributed by atoms with Gasteiger partial charge in [0.1, 0.15) is 0 Å². The fraction of sp³-hybridized carbons (Fsp3) is 0.529. The highest BCUT2D eigenvalue weighted by molar-refractivity contribution is 5.95. The fourth-order valence-electron chi connectivity index (χ4n) is 1.88. The molecule has 6 nitrogen and oxygen atoms in total. The number of carboxylic acids is 1. The third kappa shape index (κ3) is 6.18. The Morgan fingerprint density at radius 2 is 1.70 bits per heavy atom. The van der Waals surface area contributed by atoms with Crippen molar-refractivity contribution in [2.75, 3.05) is 26.8 Å². The van der Waals surface area contributed by atoms with Gasteiger partial charge in [0.05, 0.1) is 19.6 Å². The topological polar surface area (TPSA) is 76.1 Å². The summed E-state index contributed by atoms with van der Waals surface area (Å²) in [4.78, 5) is 24.3. The average molecular weight is 323 g/mol. The Hall–Kier alpha value is -2.24. The number of rotatable bonds is 10. The smallest absolute Gasteiger partial charge is 0.305 e. The normalized spacial score (nSPS) is 10.2. The molecule has 0 aromatic heterocycles. The highest BCUT2D eigenvalue weighted by atomic mass is 16.5. The zero-order chi connectivity index (χ0) is 17.2. The van der Waals surface area contributed by atoms with Crippen molar-refractivity contribution in [3.63, 3.8) is 0 Å². The SMILES string of the molecule is CCCOc1ccc(C(=O)N(C)CCC(=O)O)cc1OCCC. The quantitative estimate of drug-likeness (QED) is 0.716. The van der Waals surface area contributed by atoms with E-state index in [0.717, 1.165) is 12.8 Å². The van der Waals surface area contributed by atoms with E-state index in [-0.39, 0.29) is 18.9 Å². The summed E-state index contributed by atoms with van der Waals surface area (Å²) in [5, 5.41) is 8.70. The second-order valence-corrected chi connectivity index (χ2v) is 5.23. The van der Waals surface area contributed by atoms with Gasteiger partial charge in [-0.25, -0.2) is 0 Å². The molecule has 0 aliphatic rings. The van der Waals surface area contributed by atoms with E-state index in [1.54, 1.807) is 25.2 Å². The average Bonchev–Trinajstić information content (AvgIpc) is 2.55. The van der Waals surface area contributed by atoms with Crippen LogP contribution in [0.15, 0.2) is 18.2 Å². The summed E-state index contributed by atoms with van der Waals surface area (Å²) in [6.07, 6.45) is 1.65. The molecule has 0 spiro atoms. The highest BCUT2D eigenvalue weighted by Crippen LogP contribution is 2.29. The van der Waals surface area contributed by atoms with E-state index in [4.69, 9.17) is 14.6 Å². The van der Waals surface area contributed by atoms with E-state index >= 15 is 0 Å². The molecule has 0 aliphatic heterocycles. The summed E-state index contributed by atoms with van der Waals surface area (Å²) in [5.41, 5.74) is 0.452. The van der Waals surface area contributed by atoms with Gasteiger partial charge in [0.2, 0.25) is 0 Å². The monoisotopic (exact) mass is 323 g/mol. The minimum atomic E-state index is -0.931. The van der Waals surface area contributed by atoms with Crippen molar-refractivity contribution in [3.05, 3.63) is 23.8 Å². The van der Waals surface area contributed by atoms with Crippen molar-refractivity contribution in [3.8, 4) is 11.5 Å². The van der Waals surface area contributed by atoms with Crippen LogP contribution in [0, 0.1) is 0 Å². The summed E-state index contributed by atoms with van der Waals surface area (Å²) in [7, 11) is 1.58. The summed E-state index contributed by atoms with van der Waals surface area (Å²) in [5.74, 6) is -0.0163. The van der Waals surface area contributed by atoms with Gasteiger partial charge in [0.15, 0.2) is 11.5 Å². The maximum Gasteiger partial charge on any atom is 0.305 e. The molecule has 1 aromatic carbocycles. The molecule has 128 valence electrons. The second-order valence-electron chi connectivity index (χ2n) is 5.23. The zero-order valence-corrected chi connectivity index (χ0v) is 14.0. The van der Waals surface area contributed by atoms with Gasteiger partial charge in [-0.05, 0) is 31.0 Å². The maximum atomic E-state index is 12.3. The number of aliphatic carboxylic acids is 1. The minimum Gasteiger partial charge on any atom is -0.490 e. The minimum absolute atomic E-state index is 0.0842. The first-order valence-corrected chi connectivity index (χ1v) is 7.86. The molecule has 0 unspecified atom stereocenters. The molecule has 0 fully saturated rings. The Morgan fingerprint density at radius 3 is 2.26 bits per heavy atom. The maximum absolute atomic E-state index is 12.3. The largest absolute Gasteiger partial charge is 0.490 e. The first kappa shape index (κ1) is 18.8. The van der Waals surface area contributed by atoms with E-state index < -0.39 is 5.97 Å². The van der Waals surface area contributed by atoms with Crippen molar-refractivity contribution in [2.24, 2.45) is 0 Å². The number of carbonyl (C=O) groups excluding carboxylic acids is 1. The standard InChI is InChI=1S/C17H25NO5/c1-4-10-22-14-7-6-13(12-15(14)23-11-5-2)17(21)18(3)9-8-16(19)20/h6-7,12H,4-5,8-11H2,1-3H3,(H,19,20). The van der Waals surface area contributed by atoms with E-state index in [9.17, 15) is 9.59 Å². The van der Waals surface area contributed by atoms with Gasteiger partial charge in [-0.3, -0.25) is 9.59 Å². The Morgan fingerprint density at radius 1 is 1.09 bits per heavy atom. The molecule has 0 saturated heterocycles. The molecule has 1 N–H and O–H groups in total. The third-order valence-electron chi connectivity index (χ3n) is 3.12. The molecule has 0 saturated carbocycles. The molecule has 0 aliphatic carbocycles. The number of hydrogen-bond donors (Lipinski definition) is 1. The molecule has 0 heterocycles. The predicted octanol–water partition coefficient (Wildman–Crippen LogP) is 2.81. The van der Waals surface area contributed by atoms with Crippen LogP contribution in [-0.2, 0) is 4.79 Å². The Kier molecular flexibility index (Phi) is 7.94. The summed E-state index contributed by atoms with van der Waals surface area (Å²) in [6.45, 7) is 5.29. The molecule has 1 aromatic rings. The van der Waals surface area contributed by atoms with E-state index in [1.807, 2.05) is 13.8 Å². The van der Waals surface area contributed by atoms with Gasteiger partial charge in [0, 0.05) is 19.2 Å². The number of carboxylic acid groups (broad SMARTS) is 1. The van der Waals surface area contributed by atoms with E-state index in [0.29, 0.717) is 30.3 Å². The Balaban J connectivity index is 2.89. The van der Waals surface area contributed by atoms with Gasteiger partial charge in [-0.2, -0.15) is 0 Å². The molecular formula is C17H25NO5. The Labute approximate surface area is 137 Å². The van der Waals surface area contributed by atoms with Gasteiger partial charge in [0.25, 0.3) is 5.91 Å². The summed E-state index contributed by atoms with van der Waals surface area (Å²) >= 11 is 0. The first-order valence-electron chi connectivity index (χ1n) is 7.86. The van der Waals surface area contributed by atoms with Crippen LogP contribution in [0.3, 0.4) is 0 Å². The molecule has 6 heteroatoms. The number of benzene rings is 1. The summed E-state index contributed by atoms with van der Waals surface area (Å²) < 4.78 is 11.3. The van der Waals surface area contributed by atoms with Crippen LogP contribution in [-0.4, -0.2) is 48.7 Å². The van der Waals surface area contributed by atoms with Crippen molar-refractivity contribution >= 4 is 11.9 Å². The van der Waals surface area contributed by atoms with E-state index in [2.05, 4.69) is 0 Å². The van der Waals surface area contributed by atoms with Crippen LogP contribution < -0.4 is 9.47 Å². The van der Waals surface area contributed by atoms with E-state index in [1.165, 1.54) is 4.90 Å². The molecule has 0 radical (unpaired) electrons. The highest BCUT2D eigenvalue weighted by Gasteiger charge is 2.16. The predicted molar refractivity (Wildman–Crippen MR) is 87.2 cm³/mol. The van der Waals surface area contributed by atoms with Gasteiger partial charge < -0.3 is 19.5 Å². The molecule has 1 rings (SSSR count). The lowest BCUT2D eigenvalue weighted by molar-refractivity contribution is -0.137. The Bertz CT molecular complexity index is 530. The fourth-order valence-corrected chi connectivity index (χ4v) is 1.88. The van der Waals surface area contributed by atoms with Crippen LogP contribution in [0.2, 0.25) is 0 Å². The van der Waals surface area contributed by atoms with Crippen LogP contribution >= 0.6 is 0 Å². The van der Waals surface area contributed by atoms with Gasteiger partial charge >= 0.3 is 5.97 Å². The van der Waals surface area contributed by atoms with Crippen LogP contribution in [0.1, 0.15) is 43.5 Å². The molecule has 1 amide bonds. The molecule has 0 atom stereocenters. The number of hydrogen-bond acceptors (Lipinski definition) is 4.